The second kappa shape index (κ2) is 11.7. The number of aromatic nitrogens is 1. The number of aliphatic imine (C=N–C) groups is 1. The fourth-order valence-electron chi connectivity index (χ4n) is 2.27. The fourth-order valence-corrected chi connectivity index (χ4v) is 2.27. The Bertz CT molecular complexity index is 765. The number of carbonyl (C=O) groups is 1. The summed E-state index contributed by atoms with van der Waals surface area (Å²) in [7, 11) is 0. The van der Waals surface area contributed by atoms with E-state index in [0.717, 1.165) is 29.2 Å². The summed E-state index contributed by atoms with van der Waals surface area (Å²) < 4.78 is 5.58. The minimum Gasteiger partial charge on any atom is -0.444 e. The van der Waals surface area contributed by atoms with Gasteiger partial charge in [-0.05, 0) is 38.5 Å². The third-order valence-electron chi connectivity index (χ3n) is 3.99. The number of hydrogen-bond acceptors (Lipinski definition) is 4. The molecule has 1 aromatic carbocycles. The molecule has 0 spiro atoms. The van der Waals surface area contributed by atoms with Crippen LogP contribution in [-0.2, 0) is 17.9 Å². The number of nitrogens with zero attached hydrogens (tertiary/aromatic N) is 2. The van der Waals surface area contributed by atoms with Crippen LogP contribution in [0.3, 0.4) is 0 Å². The number of guanidine groups is 1. The number of aryl methyl sites for hydroxylation is 2. The molecule has 2 aromatic rings. The highest BCUT2D eigenvalue weighted by Crippen LogP contribution is 2.12. The Kier molecular flexibility index (Phi) is 9.98. The zero-order valence-corrected chi connectivity index (χ0v) is 19.5. The Morgan fingerprint density at radius 2 is 1.86 bits per heavy atom. The molecule has 0 atom stereocenters. The maximum absolute atomic E-state index is 11.7. The third kappa shape index (κ3) is 7.49. The van der Waals surface area contributed by atoms with Gasteiger partial charge < -0.3 is 20.4 Å². The minimum atomic E-state index is -0.0424. The normalized spacial score (nSPS) is 11.1. The van der Waals surface area contributed by atoms with Gasteiger partial charge >= 0.3 is 0 Å². The molecule has 7 nitrogen and oxygen atoms in total. The third-order valence-corrected chi connectivity index (χ3v) is 3.99. The van der Waals surface area contributed by atoms with E-state index in [1.165, 1.54) is 0 Å². The lowest BCUT2D eigenvalue weighted by Crippen LogP contribution is -2.36. The Morgan fingerprint density at radius 1 is 1.18 bits per heavy atom. The van der Waals surface area contributed by atoms with E-state index < -0.39 is 0 Å². The molecule has 0 saturated carbocycles. The molecule has 1 heterocycles. The molecular weight excluding hydrogens is 469 g/mol. The van der Waals surface area contributed by atoms with Gasteiger partial charge in [-0.25, -0.2) is 9.98 Å². The van der Waals surface area contributed by atoms with Crippen molar-refractivity contribution in [3.05, 3.63) is 47.2 Å². The number of carbonyl (C=O) groups excluding carboxylic acids is 1. The first-order chi connectivity index (χ1) is 12.9. The molecule has 3 N–H and O–H groups in total. The lowest BCUT2D eigenvalue weighted by molar-refractivity contribution is -0.118. The van der Waals surface area contributed by atoms with Crippen molar-refractivity contribution in [2.24, 2.45) is 10.9 Å². The minimum absolute atomic E-state index is 0. The zero-order chi connectivity index (χ0) is 19.8. The molecule has 0 aliphatic rings. The summed E-state index contributed by atoms with van der Waals surface area (Å²) >= 11 is 0. The summed E-state index contributed by atoms with van der Waals surface area (Å²) in [5.74, 6) is 2.14. The van der Waals surface area contributed by atoms with Crippen molar-refractivity contribution >= 4 is 41.5 Å². The molecule has 0 fully saturated rings. The molecule has 0 bridgehead atoms. The average molecular weight is 499 g/mol. The quantitative estimate of drug-likeness (QED) is 0.307. The number of anilines is 1. The number of benzene rings is 1. The van der Waals surface area contributed by atoms with Crippen LogP contribution in [0.25, 0.3) is 0 Å². The van der Waals surface area contributed by atoms with E-state index in [9.17, 15) is 4.79 Å². The second-order valence-corrected chi connectivity index (χ2v) is 6.64. The number of hydrogen-bond donors (Lipinski definition) is 3. The predicted octanol–water partition coefficient (Wildman–Crippen LogP) is 3.76. The van der Waals surface area contributed by atoms with Crippen molar-refractivity contribution < 1.29 is 9.21 Å². The standard InChI is InChI=1S/C20H29N5O2.HI/c1-6-21-20(23-12-18-24-14(4)15(5)27-18)22-11-16-7-9-17(10-8-16)25-19(26)13(2)3;/h7-10,13H,6,11-12H2,1-5H3,(H,25,26)(H2,21,22,23);1H. The van der Waals surface area contributed by atoms with E-state index in [4.69, 9.17) is 4.42 Å². The van der Waals surface area contributed by atoms with Crippen molar-refractivity contribution in [3.8, 4) is 0 Å². The number of halogens is 1. The van der Waals surface area contributed by atoms with Gasteiger partial charge in [0.2, 0.25) is 11.8 Å². The monoisotopic (exact) mass is 499 g/mol. The molecule has 0 radical (unpaired) electrons. The van der Waals surface area contributed by atoms with Gasteiger partial charge in [0, 0.05) is 18.2 Å². The lowest BCUT2D eigenvalue weighted by atomic mass is 10.2. The Labute approximate surface area is 183 Å². The highest BCUT2D eigenvalue weighted by molar-refractivity contribution is 14.0. The van der Waals surface area contributed by atoms with E-state index in [-0.39, 0.29) is 35.8 Å². The topological polar surface area (TPSA) is 91.5 Å². The molecule has 0 aliphatic heterocycles. The lowest BCUT2D eigenvalue weighted by Gasteiger charge is -2.10. The van der Waals surface area contributed by atoms with E-state index >= 15 is 0 Å². The summed E-state index contributed by atoms with van der Waals surface area (Å²) in [5, 5.41) is 9.31. The molecule has 0 saturated heterocycles. The maximum Gasteiger partial charge on any atom is 0.226 e. The molecular formula is C20H30IN5O2. The molecule has 8 heteroatoms. The summed E-state index contributed by atoms with van der Waals surface area (Å²) in [4.78, 5) is 20.7. The Balaban J connectivity index is 0.00000392. The van der Waals surface area contributed by atoms with Crippen LogP contribution in [0.1, 0.15) is 43.7 Å². The van der Waals surface area contributed by atoms with Gasteiger partial charge in [0.1, 0.15) is 5.76 Å². The highest BCUT2D eigenvalue weighted by Gasteiger charge is 2.08. The molecule has 154 valence electrons. The van der Waals surface area contributed by atoms with Crippen LogP contribution >= 0.6 is 24.0 Å². The van der Waals surface area contributed by atoms with Gasteiger partial charge in [-0.15, -0.1) is 24.0 Å². The molecule has 0 aliphatic carbocycles. The van der Waals surface area contributed by atoms with Gasteiger partial charge in [0.25, 0.3) is 0 Å². The van der Waals surface area contributed by atoms with Gasteiger partial charge in [-0.3, -0.25) is 4.79 Å². The molecule has 1 amide bonds. The van der Waals surface area contributed by atoms with Gasteiger partial charge in [-0.2, -0.15) is 0 Å². The maximum atomic E-state index is 11.7. The van der Waals surface area contributed by atoms with Crippen LogP contribution in [0.15, 0.2) is 33.7 Å². The number of nitrogens with one attached hydrogen (secondary N) is 3. The molecule has 28 heavy (non-hydrogen) atoms. The van der Waals surface area contributed by atoms with Crippen LogP contribution in [-0.4, -0.2) is 23.4 Å². The van der Waals surface area contributed by atoms with Crippen LogP contribution in [0.4, 0.5) is 5.69 Å². The van der Waals surface area contributed by atoms with E-state index in [1.807, 2.05) is 58.9 Å². The Morgan fingerprint density at radius 3 is 2.39 bits per heavy atom. The first kappa shape index (κ1) is 23.9. The van der Waals surface area contributed by atoms with E-state index in [0.29, 0.717) is 24.9 Å². The van der Waals surface area contributed by atoms with E-state index in [1.54, 1.807) is 0 Å². The smallest absolute Gasteiger partial charge is 0.226 e. The summed E-state index contributed by atoms with van der Waals surface area (Å²) in [5.41, 5.74) is 2.75. The summed E-state index contributed by atoms with van der Waals surface area (Å²) in [6, 6.07) is 7.71. The first-order valence-corrected chi connectivity index (χ1v) is 9.24. The summed E-state index contributed by atoms with van der Waals surface area (Å²) in [6.45, 7) is 11.3. The van der Waals surface area contributed by atoms with Crippen molar-refractivity contribution in [3.63, 3.8) is 0 Å². The van der Waals surface area contributed by atoms with Crippen molar-refractivity contribution in [2.45, 2.75) is 47.7 Å². The average Bonchev–Trinajstić information content (AvgIpc) is 2.96. The second-order valence-electron chi connectivity index (χ2n) is 6.64. The van der Waals surface area contributed by atoms with Crippen LogP contribution in [0, 0.1) is 19.8 Å². The zero-order valence-electron chi connectivity index (χ0n) is 17.1. The Hall–Kier alpha value is -2.10. The first-order valence-electron chi connectivity index (χ1n) is 9.24. The van der Waals surface area contributed by atoms with Crippen molar-refractivity contribution in [1.29, 1.82) is 0 Å². The van der Waals surface area contributed by atoms with Crippen LogP contribution in [0.2, 0.25) is 0 Å². The summed E-state index contributed by atoms with van der Waals surface area (Å²) in [6.07, 6.45) is 0. The van der Waals surface area contributed by atoms with Crippen LogP contribution < -0.4 is 16.0 Å². The molecule has 2 rings (SSSR count). The van der Waals surface area contributed by atoms with Crippen molar-refractivity contribution in [2.75, 3.05) is 11.9 Å². The number of rotatable bonds is 7. The fraction of sp³-hybridized carbons (Fsp3) is 0.450. The number of amides is 1. The number of oxazole rings is 1. The van der Waals surface area contributed by atoms with E-state index in [2.05, 4.69) is 25.9 Å². The highest BCUT2D eigenvalue weighted by atomic mass is 127. The van der Waals surface area contributed by atoms with Crippen molar-refractivity contribution in [1.82, 2.24) is 15.6 Å². The predicted molar refractivity (Wildman–Crippen MR) is 123 cm³/mol. The van der Waals surface area contributed by atoms with Crippen LogP contribution in [0.5, 0.6) is 0 Å². The largest absolute Gasteiger partial charge is 0.444 e. The molecule has 1 aromatic heterocycles. The van der Waals surface area contributed by atoms with Gasteiger partial charge in [0.05, 0.1) is 18.8 Å². The SMILES string of the molecule is CCNC(=NCc1ccc(NC(=O)C(C)C)cc1)NCc1nc(C)c(C)o1.I. The van der Waals surface area contributed by atoms with Gasteiger partial charge in [-0.1, -0.05) is 26.0 Å². The molecule has 0 unspecified atom stereocenters. The van der Waals surface area contributed by atoms with Gasteiger partial charge in [0.15, 0.2) is 5.96 Å².